The number of rotatable bonds is 8. The number of hydrogen-bond donors (Lipinski definition) is 2. The number of nitrogens with two attached hydrogens (primary N) is 1. The van der Waals surface area contributed by atoms with Crippen LogP contribution in [0.5, 0.6) is 0 Å². The number of hydrazine groups is 1. The predicted molar refractivity (Wildman–Crippen MR) is 77.8 cm³/mol. The molecular weight excluding hydrogens is 240 g/mol. The molecule has 3 N–H and O–H groups in total. The highest BCUT2D eigenvalue weighted by atomic mass is 16.5. The Hall–Kier alpha value is -0.910. The van der Waals surface area contributed by atoms with Crippen molar-refractivity contribution >= 4 is 0 Å². The first-order valence-corrected chi connectivity index (χ1v) is 7.11. The van der Waals surface area contributed by atoms with Gasteiger partial charge in [-0.05, 0) is 32.8 Å². The van der Waals surface area contributed by atoms with E-state index in [1.807, 2.05) is 11.6 Å². The van der Waals surface area contributed by atoms with Gasteiger partial charge in [0.05, 0.1) is 17.3 Å². The molecule has 5 heteroatoms. The summed E-state index contributed by atoms with van der Waals surface area (Å²) in [5, 5.41) is 4.48. The maximum Gasteiger partial charge on any atom is 0.0842 e. The second-order valence-corrected chi connectivity index (χ2v) is 4.99. The maximum absolute atomic E-state index is 5.77. The quantitative estimate of drug-likeness (QED) is 0.557. The van der Waals surface area contributed by atoms with E-state index in [1.165, 1.54) is 5.69 Å². The summed E-state index contributed by atoms with van der Waals surface area (Å²) >= 11 is 0. The van der Waals surface area contributed by atoms with Crippen molar-refractivity contribution in [3.8, 4) is 0 Å². The molecule has 1 atom stereocenters. The minimum Gasteiger partial charge on any atom is -0.377 e. The number of aryl methyl sites for hydroxylation is 2. The third-order valence-corrected chi connectivity index (χ3v) is 4.14. The normalized spacial score (nSPS) is 13.8. The Labute approximate surface area is 116 Å². The first kappa shape index (κ1) is 16.1. The van der Waals surface area contributed by atoms with Crippen LogP contribution >= 0.6 is 0 Å². The first-order chi connectivity index (χ1) is 9.06. The Morgan fingerprint density at radius 3 is 2.47 bits per heavy atom. The Bertz CT molecular complexity index is 377. The van der Waals surface area contributed by atoms with Crippen LogP contribution in [0, 0.1) is 6.92 Å². The third-order valence-electron chi connectivity index (χ3n) is 4.14. The topological polar surface area (TPSA) is 65.1 Å². The van der Waals surface area contributed by atoms with Crippen molar-refractivity contribution in [3.05, 3.63) is 17.5 Å². The highest BCUT2D eigenvalue weighted by Crippen LogP contribution is 2.26. The van der Waals surface area contributed by atoms with Gasteiger partial charge in [0.1, 0.15) is 0 Å². The highest BCUT2D eigenvalue weighted by Gasteiger charge is 2.35. The number of ether oxygens (including phenoxy) is 1. The van der Waals surface area contributed by atoms with Crippen molar-refractivity contribution in [2.75, 3.05) is 7.11 Å². The van der Waals surface area contributed by atoms with Gasteiger partial charge in [0.2, 0.25) is 0 Å². The van der Waals surface area contributed by atoms with Gasteiger partial charge >= 0.3 is 0 Å². The summed E-state index contributed by atoms with van der Waals surface area (Å²) in [7, 11) is 1.76. The van der Waals surface area contributed by atoms with Crippen molar-refractivity contribution < 1.29 is 4.74 Å². The lowest BCUT2D eigenvalue weighted by atomic mass is 9.85. The summed E-state index contributed by atoms with van der Waals surface area (Å²) in [6.07, 6.45) is 2.67. The van der Waals surface area contributed by atoms with Crippen molar-refractivity contribution in [1.82, 2.24) is 15.2 Å². The van der Waals surface area contributed by atoms with Gasteiger partial charge in [-0.15, -0.1) is 0 Å². The van der Waals surface area contributed by atoms with Crippen LogP contribution in [0.25, 0.3) is 0 Å². The van der Waals surface area contributed by atoms with Crippen LogP contribution in [0.1, 0.15) is 45.0 Å². The second kappa shape index (κ2) is 7.03. The molecular formula is C14H28N4O. The molecule has 0 bridgehead atoms. The van der Waals surface area contributed by atoms with Crippen LogP contribution in [-0.4, -0.2) is 28.5 Å². The molecule has 0 saturated heterocycles. The van der Waals surface area contributed by atoms with E-state index in [0.717, 1.165) is 31.5 Å². The summed E-state index contributed by atoms with van der Waals surface area (Å²) in [4.78, 5) is 0. The van der Waals surface area contributed by atoms with Gasteiger partial charge < -0.3 is 4.74 Å². The number of nitrogens with one attached hydrogen (secondary N) is 1. The van der Waals surface area contributed by atoms with Gasteiger partial charge in [0.25, 0.3) is 0 Å². The zero-order valence-electron chi connectivity index (χ0n) is 12.9. The Balaban J connectivity index is 2.97. The fourth-order valence-corrected chi connectivity index (χ4v) is 2.82. The van der Waals surface area contributed by atoms with E-state index in [0.29, 0.717) is 0 Å². The third kappa shape index (κ3) is 3.35. The number of aromatic nitrogens is 2. The van der Waals surface area contributed by atoms with Gasteiger partial charge in [0.15, 0.2) is 0 Å². The minimum atomic E-state index is -0.231. The van der Waals surface area contributed by atoms with Gasteiger partial charge in [-0.25, -0.2) is 0 Å². The van der Waals surface area contributed by atoms with Gasteiger partial charge in [0, 0.05) is 25.8 Å². The van der Waals surface area contributed by atoms with E-state index < -0.39 is 0 Å². The summed E-state index contributed by atoms with van der Waals surface area (Å²) in [6, 6.07) is 2.20. The molecule has 1 aromatic rings. The lowest BCUT2D eigenvalue weighted by molar-refractivity contribution is -0.0477. The van der Waals surface area contributed by atoms with Gasteiger partial charge in [-0.3, -0.25) is 16.0 Å². The van der Waals surface area contributed by atoms with Crippen molar-refractivity contribution in [3.63, 3.8) is 0 Å². The Kier molecular flexibility index (Phi) is 5.97. The zero-order valence-corrected chi connectivity index (χ0v) is 12.9. The van der Waals surface area contributed by atoms with E-state index >= 15 is 0 Å². The van der Waals surface area contributed by atoms with E-state index in [4.69, 9.17) is 10.6 Å². The monoisotopic (exact) mass is 268 g/mol. The lowest BCUT2D eigenvalue weighted by Gasteiger charge is -2.38. The van der Waals surface area contributed by atoms with Crippen molar-refractivity contribution in [1.29, 1.82) is 0 Å². The van der Waals surface area contributed by atoms with Crippen LogP contribution in [0.15, 0.2) is 6.07 Å². The van der Waals surface area contributed by atoms with Crippen LogP contribution in [0.3, 0.4) is 0 Å². The van der Waals surface area contributed by atoms with Gasteiger partial charge in [-0.1, -0.05) is 13.8 Å². The zero-order chi connectivity index (χ0) is 14.5. The average Bonchev–Trinajstić information content (AvgIpc) is 2.79. The largest absolute Gasteiger partial charge is 0.377 e. The van der Waals surface area contributed by atoms with Crippen LogP contribution in [0.4, 0.5) is 0 Å². The molecule has 0 aliphatic carbocycles. The molecule has 0 saturated carbocycles. The van der Waals surface area contributed by atoms with Crippen molar-refractivity contribution in [2.24, 2.45) is 5.84 Å². The molecule has 0 fully saturated rings. The molecule has 1 heterocycles. The summed E-state index contributed by atoms with van der Waals surface area (Å²) < 4.78 is 7.80. The fourth-order valence-electron chi connectivity index (χ4n) is 2.82. The predicted octanol–water partition coefficient (Wildman–Crippen LogP) is 1.79. The molecule has 0 aliphatic heterocycles. The van der Waals surface area contributed by atoms with Gasteiger partial charge in [-0.2, -0.15) is 5.10 Å². The Morgan fingerprint density at radius 1 is 1.42 bits per heavy atom. The molecule has 0 amide bonds. The van der Waals surface area contributed by atoms with E-state index in [-0.39, 0.29) is 11.6 Å². The smallest absolute Gasteiger partial charge is 0.0842 e. The molecule has 1 unspecified atom stereocenters. The number of methoxy groups -OCH3 is 1. The van der Waals surface area contributed by atoms with Crippen LogP contribution in [0.2, 0.25) is 0 Å². The second-order valence-electron chi connectivity index (χ2n) is 4.99. The van der Waals surface area contributed by atoms with Crippen LogP contribution in [-0.2, 0) is 17.7 Å². The summed E-state index contributed by atoms with van der Waals surface area (Å²) in [6.45, 7) is 9.27. The molecule has 1 aromatic heterocycles. The molecule has 0 radical (unpaired) electrons. The van der Waals surface area contributed by atoms with Crippen LogP contribution < -0.4 is 11.3 Å². The maximum atomic E-state index is 5.77. The SMILES string of the molecule is CCn1nc(C)cc1CC(NN)C(CC)(CC)OC. The molecule has 19 heavy (non-hydrogen) atoms. The highest BCUT2D eigenvalue weighted by molar-refractivity contribution is 5.12. The van der Waals surface area contributed by atoms with E-state index in [2.05, 4.69) is 37.4 Å². The lowest BCUT2D eigenvalue weighted by Crippen LogP contribution is -2.55. The minimum absolute atomic E-state index is 0.0777. The Morgan fingerprint density at radius 2 is 2.05 bits per heavy atom. The van der Waals surface area contributed by atoms with Crippen molar-refractivity contribution in [2.45, 2.75) is 65.1 Å². The molecule has 0 spiro atoms. The molecule has 0 aliphatic rings. The first-order valence-electron chi connectivity index (χ1n) is 7.11. The average molecular weight is 268 g/mol. The summed E-state index contributed by atoms with van der Waals surface area (Å²) in [5.41, 5.74) is 4.95. The molecule has 1 rings (SSSR count). The summed E-state index contributed by atoms with van der Waals surface area (Å²) in [5.74, 6) is 5.77. The number of nitrogens with zero attached hydrogens (tertiary/aromatic N) is 2. The number of hydrogen-bond acceptors (Lipinski definition) is 4. The molecule has 0 aromatic carbocycles. The molecule has 110 valence electrons. The van der Waals surface area contributed by atoms with E-state index in [1.54, 1.807) is 7.11 Å². The standard InChI is InChI=1S/C14H28N4O/c1-6-14(7-2,19-5)13(16-15)10-12-9-11(4)17-18(12)8-3/h9,13,16H,6-8,10,15H2,1-5H3. The fraction of sp³-hybridized carbons (Fsp3) is 0.786. The van der Waals surface area contributed by atoms with E-state index in [9.17, 15) is 0 Å². The molecule has 5 nitrogen and oxygen atoms in total.